The molecule has 1 atom stereocenters. The first kappa shape index (κ1) is 15.5. The quantitative estimate of drug-likeness (QED) is 0.614. The Morgan fingerprint density at radius 2 is 2.26 bits per heavy atom. The van der Waals surface area contributed by atoms with E-state index in [0.29, 0.717) is 12.1 Å². The van der Waals surface area contributed by atoms with Gasteiger partial charge in [-0.05, 0) is 30.9 Å². The molecule has 0 aromatic heterocycles. The van der Waals surface area contributed by atoms with Crippen LogP contribution in [-0.4, -0.2) is 28.9 Å². The predicted molar refractivity (Wildman–Crippen MR) is 77.4 cm³/mol. The Kier molecular flexibility index (Phi) is 5.78. The number of non-ortho nitro benzene ring substituents is 1. The zero-order valence-electron chi connectivity index (χ0n) is 10.9. The standard InChI is InChI=1S/C12H17N3O3S/c1-8-3-4-9(15(17)18)7-11(8)14-12(16)10(13)5-6-19-2/h3-4,7,10H,5-6,13H2,1-2H3,(H,14,16)/t10-/m0/s1. The molecule has 0 aliphatic heterocycles. The van der Waals surface area contributed by atoms with Crippen LogP contribution in [-0.2, 0) is 4.79 Å². The van der Waals surface area contributed by atoms with Gasteiger partial charge in [0.15, 0.2) is 0 Å². The Morgan fingerprint density at radius 3 is 2.84 bits per heavy atom. The largest absolute Gasteiger partial charge is 0.324 e. The first-order chi connectivity index (χ1) is 8.95. The van der Waals surface area contributed by atoms with Crippen LogP contribution in [0, 0.1) is 17.0 Å². The lowest BCUT2D eigenvalue weighted by molar-refractivity contribution is -0.384. The van der Waals surface area contributed by atoms with Gasteiger partial charge in [0.2, 0.25) is 5.91 Å². The average molecular weight is 283 g/mol. The SMILES string of the molecule is CSCC[C@H](N)C(=O)Nc1cc([N+](=O)[O-])ccc1C. The van der Waals surface area contributed by atoms with Crippen molar-refractivity contribution in [1.82, 2.24) is 0 Å². The van der Waals surface area contributed by atoms with Gasteiger partial charge in [-0.3, -0.25) is 14.9 Å². The number of anilines is 1. The van der Waals surface area contributed by atoms with Crippen molar-refractivity contribution in [3.05, 3.63) is 33.9 Å². The Hall–Kier alpha value is -1.60. The van der Waals surface area contributed by atoms with Gasteiger partial charge in [-0.1, -0.05) is 6.07 Å². The first-order valence-electron chi connectivity index (χ1n) is 5.76. The van der Waals surface area contributed by atoms with Crippen molar-refractivity contribution in [2.24, 2.45) is 5.73 Å². The van der Waals surface area contributed by atoms with Crippen LogP contribution < -0.4 is 11.1 Å². The number of aryl methyl sites for hydroxylation is 1. The van der Waals surface area contributed by atoms with Crippen molar-refractivity contribution in [1.29, 1.82) is 0 Å². The van der Waals surface area contributed by atoms with Crippen molar-refractivity contribution in [3.63, 3.8) is 0 Å². The van der Waals surface area contributed by atoms with Gasteiger partial charge in [0, 0.05) is 12.1 Å². The lowest BCUT2D eigenvalue weighted by Gasteiger charge is -2.13. The Bertz CT molecular complexity index is 479. The predicted octanol–water partition coefficient (Wildman–Crippen LogP) is 1.92. The highest BCUT2D eigenvalue weighted by Crippen LogP contribution is 2.22. The topological polar surface area (TPSA) is 98.3 Å². The second kappa shape index (κ2) is 7.10. The molecule has 0 radical (unpaired) electrons. The zero-order valence-corrected chi connectivity index (χ0v) is 11.7. The van der Waals surface area contributed by atoms with Crippen molar-refractivity contribution < 1.29 is 9.72 Å². The van der Waals surface area contributed by atoms with Gasteiger partial charge in [-0.2, -0.15) is 11.8 Å². The van der Waals surface area contributed by atoms with Crippen LogP contribution in [0.3, 0.4) is 0 Å². The van der Waals surface area contributed by atoms with Crippen molar-refractivity contribution in [2.45, 2.75) is 19.4 Å². The fourth-order valence-corrected chi connectivity index (χ4v) is 1.95. The molecular weight excluding hydrogens is 266 g/mol. The minimum Gasteiger partial charge on any atom is -0.324 e. The molecule has 1 amide bonds. The van der Waals surface area contributed by atoms with Crippen LogP contribution in [0.25, 0.3) is 0 Å². The molecule has 104 valence electrons. The molecule has 7 heteroatoms. The third-order valence-electron chi connectivity index (χ3n) is 2.66. The van der Waals surface area contributed by atoms with Gasteiger partial charge in [0.1, 0.15) is 0 Å². The minimum atomic E-state index is -0.605. The molecule has 0 spiro atoms. The summed E-state index contributed by atoms with van der Waals surface area (Å²) in [6.45, 7) is 1.77. The Labute approximate surface area is 115 Å². The van der Waals surface area contributed by atoms with Gasteiger partial charge >= 0.3 is 0 Å². The molecule has 1 aromatic carbocycles. The number of carbonyl (C=O) groups excluding carboxylic acids is 1. The van der Waals surface area contributed by atoms with E-state index in [2.05, 4.69) is 5.32 Å². The maximum absolute atomic E-state index is 11.8. The number of thioether (sulfide) groups is 1. The van der Waals surface area contributed by atoms with E-state index in [0.717, 1.165) is 11.3 Å². The van der Waals surface area contributed by atoms with Crippen LogP contribution in [0.4, 0.5) is 11.4 Å². The molecular formula is C12H17N3O3S. The summed E-state index contributed by atoms with van der Waals surface area (Å²) >= 11 is 1.61. The third-order valence-corrected chi connectivity index (χ3v) is 3.30. The molecule has 1 rings (SSSR count). The van der Waals surface area contributed by atoms with Gasteiger partial charge in [-0.15, -0.1) is 0 Å². The number of carbonyl (C=O) groups is 1. The van der Waals surface area contributed by atoms with Gasteiger partial charge in [0.25, 0.3) is 5.69 Å². The number of nitro groups is 1. The van der Waals surface area contributed by atoms with Crippen molar-refractivity contribution in [3.8, 4) is 0 Å². The van der Waals surface area contributed by atoms with E-state index < -0.39 is 11.0 Å². The highest BCUT2D eigenvalue weighted by Gasteiger charge is 2.16. The van der Waals surface area contributed by atoms with Gasteiger partial charge in [-0.25, -0.2) is 0 Å². The molecule has 0 bridgehead atoms. The molecule has 6 nitrogen and oxygen atoms in total. The molecule has 0 aliphatic rings. The molecule has 0 fully saturated rings. The lowest BCUT2D eigenvalue weighted by atomic mass is 10.1. The fraction of sp³-hybridized carbons (Fsp3) is 0.417. The minimum absolute atomic E-state index is 0.0569. The molecule has 0 heterocycles. The second-order valence-corrected chi connectivity index (χ2v) is 5.12. The molecule has 0 saturated heterocycles. The van der Waals surface area contributed by atoms with Crippen molar-refractivity contribution in [2.75, 3.05) is 17.3 Å². The number of rotatable bonds is 6. The number of amides is 1. The summed E-state index contributed by atoms with van der Waals surface area (Å²) in [5, 5.41) is 13.3. The van der Waals surface area contributed by atoms with Crippen LogP contribution in [0.5, 0.6) is 0 Å². The summed E-state index contributed by atoms with van der Waals surface area (Å²) in [6.07, 6.45) is 2.51. The van der Waals surface area contributed by atoms with Crippen LogP contribution >= 0.6 is 11.8 Å². The molecule has 0 unspecified atom stereocenters. The van der Waals surface area contributed by atoms with E-state index >= 15 is 0 Å². The molecule has 0 aliphatic carbocycles. The van der Waals surface area contributed by atoms with Crippen LogP contribution in [0.2, 0.25) is 0 Å². The fourth-order valence-electron chi connectivity index (χ4n) is 1.46. The van der Waals surface area contributed by atoms with E-state index in [1.54, 1.807) is 24.8 Å². The summed E-state index contributed by atoms with van der Waals surface area (Å²) < 4.78 is 0. The summed E-state index contributed by atoms with van der Waals surface area (Å²) in [7, 11) is 0. The van der Waals surface area contributed by atoms with E-state index in [-0.39, 0.29) is 11.6 Å². The maximum Gasteiger partial charge on any atom is 0.271 e. The first-order valence-corrected chi connectivity index (χ1v) is 7.15. The number of hydrogen-bond acceptors (Lipinski definition) is 5. The third kappa shape index (κ3) is 4.53. The number of benzene rings is 1. The molecule has 1 aromatic rings. The van der Waals surface area contributed by atoms with E-state index in [1.165, 1.54) is 12.1 Å². The Morgan fingerprint density at radius 1 is 1.58 bits per heavy atom. The lowest BCUT2D eigenvalue weighted by Crippen LogP contribution is -2.36. The highest BCUT2D eigenvalue weighted by atomic mass is 32.2. The number of nitro benzene ring substituents is 1. The number of nitrogens with one attached hydrogen (secondary N) is 1. The second-order valence-electron chi connectivity index (χ2n) is 4.13. The highest BCUT2D eigenvalue weighted by molar-refractivity contribution is 7.98. The molecule has 3 N–H and O–H groups in total. The average Bonchev–Trinajstić information content (AvgIpc) is 2.38. The summed E-state index contributed by atoms with van der Waals surface area (Å²) in [5.74, 6) is 0.473. The van der Waals surface area contributed by atoms with Gasteiger partial charge in [0.05, 0.1) is 16.7 Å². The van der Waals surface area contributed by atoms with Crippen molar-refractivity contribution >= 4 is 29.0 Å². The van der Waals surface area contributed by atoms with Gasteiger partial charge < -0.3 is 11.1 Å². The molecule has 0 saturated carbocycles. The zero-order chi connectivity index (χ0) is 14.4. The maximum atomic E-state index is 11.8. The Balaban J connectivity index is 2.78. The van der Waals surface area contributed by atoms with Crippen LogP contribution in [0.1, 0.15) is 12.0 Å². The number of nitrogens with zero attached hydrogens (tertiary/aromatic N) is 1. The van der Waals surface area contributed by atoms with Crippen LogP contribution in [0.15, 0.2) is 18.2 Å². The summed E-state index contributed by atoms with van der Waals surface area (Å²) in [6, 6.07) is 3.74. The summed E-state index contributed by atoms with van der Waals surface area (Å²) in [5.41, 5.74) is 6.87. The van der Waals surface area contributed by atoms with E-state index in [4.69, 9.17) is 5.73 Å². The normalized spacial score (nSPS) is 11.9. The number of nitrogens with two attached hydrogens (primary N) is 1. The van der Waals surface area contributed by atoms with E-state index in [1.807, 2.05) is 6.26 Å². The summed E-state index contributed by atoms with van der Waals surface area (Å²) in [4.78, 5) is 22.0. The number of hydrogen-bond donors (Lipinski definition) is 2. The molecule has 19 heavy (non-hydrogen) atoms. The monoisotopic (exact) mass is 283 g/mol. The van der Waals surface area contributed by atoms with E-state index in [9.17, 15) is 14.9 Å². The smallest absolute Gasteiger partial charge is 0.271 e.